The topological polar surface area (TPSA) is 12.0 Å². The molecule has 1 aliphatic heterocycles. The third-order valence-corrected chi connectivity index (χ3v) is 1.60. The maximum absolute atomic E-state index is 3.42. The highest BCUT2D eigenvalue weighted by Crippen LogP contribution is 2.09. The smallest absolute Gasteiger partial charge is 0.00417 e. The van der Waals surface area contributed by atoms with E-state index in [1.165, 1.54) is 12.8 Å². The van der Waals surface area contributed by atoms with Crippen LogP contribution in [0.1, 0.15) is 26.7 Å². The van der Waals surface area contributed by atoms with Crippen LogP contribution < -0.4 is 5.32 Å². The van der Waals surface area contributed by atoms with Crippen LogP contribution in [0.4, 0.5) is 0 Å². The van der Waals surface area contributed by atoms with Gasteiger partial charge in [0, 0.05) is 12.1 Å². The van der Waals surface area contributed by atoms with Gasteiger partial charge in [-0.2, -0.15) is 0 Å². The van der Waals surface area contributed by atoms with Crippen molar-refractivity contribution in [1.82, 2.24) is 5.32 Å². The molecule has 1 heteroatoms. The Morgan fingerprint density at radius 2 is 1.57 bits per heavy atom. The molecule has 0 saturated carbocycles. The van der Waals surface area contributed by atoms with E-state index in [-0.39, 0.29) is 0 Å². The fourth-order valence-corrected chi connectivity index (χ4v) is 1.15. The van der Waals surface area contributed by atoms with E-state index in [1.807, 2.05) is 0 Å². The third-order valence-electron chi connectivity index (χ3n) is 1.60. The number of rotatable bonds is 0. The minimum atomic E-state index is 0.773. The predicted octanol–water partition coefficient (Wildman–Crippen LogP) is 1.15. The van der Waals surface area contributed by atoms with E-state index in [2.05, 4.69) is 19.2 Å². The van der Waals surface area contributed by atoms with Crippen LogP contribution >= 0.6 is 0 Å². The van der Waals surface area contributed by atoms with Crippen molar-refractivity contribution in [2.75, 3.05) is 0 Å². The van der Waals surface area contributed by atoms with Gasteiger partial charge in [-0.15, -0.1) is 0 Å². The molecule has 0 aromatic rings. The van der Waals surface area contributed by atoms with Gasteiger partial charge in [-0.05, 0) is 26.7 Å². The zero-order valence-electron chi connectivity index (χ0n) is 5.07. The van der Waals surface area contributed by atoms with E-state index in [1.54, 1.807) is 0 Å². The van der Waals surface area contributed by atoms with Crippen LogP contribution in [0.15, 0.2) is 0 Å². The second-order valence-electron chi connectivity index (χ2n) is 2.55. The van der Waals surface area contributed by atoms with Gasteiger partial charge in [0.2, 0.25) is 0 Å². The lowest BCUT2D eigenvalue weighted by Gasteiger charge is -2.01. The zero-order valence-corrected chi connectivity index (χ0v) is 5.07. The van der Waals surface area contributed by atoms with Crippen LogP contribution in [0.2, 0.25) is 0 Å². The van der Waals surface area contributed by atoms with E-state index in [0.29, 0.717) is 0 Å². The molecule has 0 aromatic carbocycles. The molecule has 0 amide bonds. The van der Waals surface area contributed by atoms with Crippen LogP contribution in [-0.4, -0.2) is 12.1 Å². The molecule has 0 spiro atoms. The van der Waals surface area contributed by atoms with Crippen LogP contribution in [0.5, 0.6) is 0 Å². The summed E-state index contributed by atoms with van der Waals surface area (Å²) in [5.74, 6) is 0. The number of hydrogen-bond donors (Lipinski definition) is 1. The summed E-state index contributed by atoms with van der Waals surface area (Å²) in [7, 11) is 0. The van der Waals surface area contributed by atoms with Crippen LogP contribution in [-0.2, 0) is 0 Å². The Labute approximate surface area is 45.1 Å². The van der Waals surface area contributed by atoms with Gasteiger partial charge in [-0.1, -0.05) is 0 Å². The Bertz CT molecular complexity index is 53.2. The summed E-state index contributed by atoms with van der Waals surface area (Å²) in [6.07, 6.45) is 2.72. The average molecular weight is 99.2 g/mol. The fraction of sp³-hybridized carbons (Fsp3) is 1.00. The molecule has 1 nitrogen and oxygen atoms in total. The lowest BCUT2D eigenvalue weighted by Crippen LogP contribution is -2.23. The lowest BCUT2D eigenvalue weighted by atomic mass is 10.2. The highest BCUT2D eigenvalue weighted by atomic mass is 15.0. The van der Waals surface area contributed by atoms with Gasteiger partial charge in [-0.3, -0.25) is 0 Å². The van der Waals surface area contributed by atoms with E-state index >= 15 is 0 Å². The van der Waals surface area contributed by atoms with Crippen molar-refractivity contribution in [1.29, 1.82) is 0 Å². The quantitative estimate of drug-likeness (QED) is 0.480. The Morgan fingerprint density at radius 1 is 1.14 bits per heavy atom. The van der Waals surface area contributed by atoms with Crippen molar-refractivity contribution in [2.45, 2.75) is 38.8 Å². The SMILES string of the molecule is CC1CCC(C)N1. The standard InChI is InChI=1S/C6H13N/c1-5-3-4-6(2)7-5/h5-7H,3-4H2,1-2H3. The van der Waals surface area contributed by atoms with E-state index in [0.717, 1.165) is 12.1 Å². The van der Waals surface area contributed by atoms with Gasteiger partial charge in [0.25, 0.3) is 0 Å². The molecule has 42 valence electrons. The van der Waals surface area contributed by atoms with Gasteiger partial charge < -0.3 is 5.32 Å². The summed E-state index contributed by atoms with van der Waals surface area (Å²) in [5.41, 5.74) is 0. The van der Waals surface area contributed by atoms with E-state index in [9.17, 15) is 0 Å². The lowest BCUT2D eigenvalue weighted by molar-refractivity contribution is 0.596. The van der Waals surface area contributed by atoms with E-state index < -0.39 is 0 Å². The third kappa shape index (κ3) is 1.16. The first-order chi connectivity index (χ1) is 3.29. The van der Waals surface area contributed by atoms with Crippen molar-refractivity contribution in [3.63, 3.8) is 0 Å². The van der Waals surface area contributed by atoms with Crippen molar-refractivity contribution in [2.24, 2.45) is 0 Å². The van der Waals surface area contributed by atoms with Crippen LogP contribution in [0.25, 0.3) is 0 Å². The summed E-state index contributed by atoms with van der Waals surface area (Å²) in [6.45, 7) is 4.48. The Hall–Kier alpha value is -0.0400. The van der Waals surface area contributed by atoms with Crippen LogP contribution in [0.3, 0.4) is 0 Å². The highest BCUT2D eigenvalue weighted by Gasteiger charge is 2.14. The summed E-state index contributed by atoms with van der Waals surface area (Å²) >= 11 is 0. The largest absolute Gasteiger partial charge is 0.312 e. The molecule has 1 N–H and O–H groups in total. The molecule has 1 fully saturated rings. The maximum atomic E-state index is 3.42. The van der Waals surface area contributed by atoms with Gasteiger partial charge in [-0.25, -0.2) is 0 Å². The maximum Gasteiger partial charge on any atom is 0.00417 e. The van der Waals surface area contributed by atoms with Crippen molar-refractivity contribution >= 4 is 0 Å². The summed E-state index contributed by atoms with van der Waals surface area (Å²) in [4.78, 5) is 0. The minimum absolute atomic E-state index is 0.773. The first kappa shape index (κ1) is 5.10. The first-order valence-electron chi connectivity index (χ1n) is 3.05. The van der Waals surface area contributed by atoms with Crippen molar-refractivity contribution < 1.29 is 0 Å². The second-order valence-corrected chi connectivity index (χ2v) is 2.55. The molecule has 2 atom stereocenters. The molecule has 2 unspecified atom stereocenters. The molecular weight excluding hydrogens is 86.1 g/mol. The Balaban J connectivity index is 2.26. The van der Waals surface area contributed by atoms with Crippen LogP contribution in [0, 0.1) is 0 Å². The van der Waals surface area contributed by atoms with Gasteiger partial charge in [0.1, 0.15) is 0 Å². The molecule has 0 radical (unpaired) electrons. The molecule has 0 aliphatic carbocycles. The zero-order chi connectivity index (χ0) is 5.28. The van der Waals surface area contributed by atoms with Crippen molar-refractivity contribution in [3.8, 4) is 0 Å². The number of nitrogens with one attached hydrogen (secondary N) is 1. The van der Waals surface area contributed by atoms with Crippen molar-refractivity contribution in [3.05, 3.63) is 0 Å². The highest BCUT2D eigenvalue weighted by molar-refractivity contribution is 4.76. The summed E-state index contributed by atoms with van der Waals surface area (Å²) < 4.78 is 0. The molecule has 1 heterocycles. The predicted molar refractivity (Wildman–Crippen MR) is 31.3 cm³/mol. The van der Waals surface area contributed by atoms with E-state index in [4.69, 9.17) is 0 Å². The average Bonchev–Trinajstić information content (AvgIpc) is 1.87. The monoisotopic (exact) mass is 99.1 g/mol. The van der Waals surface area contributed by atoms with Gasteiger partial charge in [0.05, 0.1) is 0 Å². The minimum Gasteiger partial charge on any atom is -0.312 e. The molecule has 0 aromatic heterocycles. The normalized spacial score (nSPS) is 42.0. The molecule has 1 saturated heterocycles. The Morgan fingerprint density at radius 3 is 1.71 bits per heavy atom. The molecule has 0 bridgehead atoms. The molecule has 7 heavy (non-hydrogen) atoms. The molecular formula is C6H13N. The Kier molecular flexibility index (Phi) is 1.33. The second kappa shape index (κ2) is 1.83. The number of hydrogen-bond acceptors (Lipinski definition) is 1. The van der Waals surface area contributed by atoms with Gasteiger partial charge in [0.15, 0.2) is 0 Å². The summed E-state index contributed by atoms with van der Waals surface area (Å²) in [5, 5.41) is 3.42. The fourth-order valence-electron chi connectivity index (χ4n) is 1.15. The van der Waals surface area contributed by atoms with Gasteiger partial charge >= 0.3 is 0 Å². The summed E-state index contributed by atoms with van der Waals surface area (Å²) in [6, 6.07) is 1.55. The molecule has 1 aliphatic rings. The molecule has 1 rings (SSSR count). The first-order valence-corrected chi connectivity index (χ1v) is 3.05.